The van der Waals surface area contributed by atoms with E-state index in [1.807, 2.05) is 5.43 Å². The van der Waals surface area contributed by atoms with Gasteiger partial charge in [-0.1, -0.05) is 0 Å². The van der Waals surface area contributed by atoms with Crippen LogP contribution < -0.4 is 11.3 Å². The molecule has 5 nitrogen and oxygen atoms in total. The van der Waals surface area contributed by atoms with Crippen LogP contribution in [0, 0.1) is 12.7 Å². The third-order valence-corrected chi connectivity index (χ3v) is 2.12. The summed E-state index contributed by atoms with van der Waals surface area (Å²) < 4.78 is 14.7. The first-order valence-electron chi connectivity index (χ1n) is 4.29. The van der Waals surface area contributed by atoms with Gasteiger partial charge in [0.15, 0.2) is 11.5 Å². The highest BCUT2D eigenvalue weighted by Crippen LogP contribution is 2.14. The van der Waals surface area contributed by atoms with Crippen molar-refractivity contribution in [3.63, 3.8) is 0 Å². The van der Waals surface area contributed by atoms with Crippen molar-refractivity contribution in [1.82, 2.24) is 14.8 Å². The van der Waals surface area contributed by atoms with Gasteiger partial charge in [0.05, 0.1) is 5.69 Å². The maximum atomic E-state index is 13.3. The zero-order chi connectivity index (χ0) is 11.0. The van der Waals surface area contributed by atoms with Gasteiger partial charge in [-0.15, -0.1) is 0 Å². The van der Waals surface area contributed by atoms with Crippen molar-refractivity contribution in [3.8, 4) is 0 Å². The van der Waals surface area contributed by atoms with Crippen LogP contribution in [0.5, 0.6) is 0 Å². The van der Waals surface area contributed by atoms with E-state index in [2.05, 4.69) is 4.98 Å². The van der Waals surface area contributed by atoms with Crippen LogP contribution in [0.3, 0.4) is 0 Å². The molecule has 15 heavy (non-hydrogen) atoms. The van der Waals surface area contributed by atoms with Crippen molar-refractivity contribution >= 4 is 11.6 Å². The van der Waals surface area contributed by atoms with Crippen molar-refractivity contribution < 1.29 is 9.18 Å². The summed E-state index contributed by atoms with van der Waals surface area (Å²) in [6, 6.07) is 2.78. The number of aromatic nitrogens is 2. The van der Waals surface area contributed by atoms with Gasteiger partial charge in [-0.25, -0.2) is 15.2 Å². The molecule has 2 rings (SSSR count). The standard InChI is InChI=1S/C9H9FN4O/c1-5-7(9(15)13-11)14-4-2-3-6(10)8(14)12-5/h2-4H,11H2,1H3,(H,13,15). The maximum Gasteiger partial charge on any atom is 0.284 e. The molecular weight excluding hydrogens is 199 g/mol. The summed E-state index contributed by atoms with van der Waals surface area (Å²) in [7, 11) is 0. The number of rotatable bonds is 1. The Labute approximate surface area is 84.7 Å². The van der Waals surface area contributed by atoms with E-state index in [1.165, 1.54) is 16.5 Å². The highest BCUT2D eigenvalue weighted by Gasteiger charge is 2.16. The number of nitrogens with one attached hydrogen (secondary N) is 1. The Morgan fingerprint density at radius 1 is 1.67 bits per heavy atom. The van der Waals surface area contributed by atoms with Crippen LogP contribution >= 0.6 is 0 Å². The number of carbonyl (C=O) groups excluding carboxylic acids is 1. The van der Waals surface area contributed by atoms with Crippen LogP contribution in [0.4, 0.5) is 4.39 Å². The molecule has 3 N–H and O–H groups in total. The number of imidazole rings is 1. The first-order valence-corrected chi connectivity index (χ1v) is 4.29. The fraction of sp³-hybridized carbons (Fsp3) is 0.111. The largest absolute Gasteiger partial charge is 0.293 e. The van der Waals surface area contributed by atoms with Gasteiger partial charge in [0, 0.05) is 6.20 Å². The van der Waals surface area contributed by atoms with E-state index < -0.39 is 11.7 Å². The Kier molecular flexibility index (Phi) is 2.12. The van der Waals surface area contributed by atoms with E-state index >= 15 is 0 Å². The van der Waals surface area contributed by atoms with Gasteiger partial charge < -0.3 is 0 Å². The van der Waals surface area contributed by atoms with Crippen molar-refractivity contribution in [3.05, 3.63) is 35.5 Å². The first kappa shape index (κ1) is 9.60. The summed E-state index contributed by atoms with van der Waals surface area (Å²) in [4.78, 5) is 15.4. The van der Waals surface area contributed by atoms with E-state index in [1.54, 1.807) is 13.1 Å². The summed E-state index contributed by atoms with van der Waals surface area (Å²) in [5.74, 6) is 4.06. The zero-order valence-corrected chi connectivity index (χ0v) is 7.99. The van der Waals surface area contributed by atoms with Crippen LogP contribution in [0.15, 0.2) is 18.3 Å². The van der Waals surface area contributed by atoms with Crippen molar-refractivity contribution in [2.75, 3.05) is 0 Å². The molecule has 0 fully saturated rings. The first-order chi connectivity index (χ1) is 7.15. The third-order valence-electron chi connectivity index (χ3n) is 2.12. The summed E-state index contributed by atoms with van der Waals surface area (Å²) >= 11 is 0. The number of nitrogens with zero attached hydrogens (tertiary/aromatic N) is 2. The average Bonchev–Trinajstić information content (AvgIpc) is 2.55. The minimum absolute atomic E-state index is 0.119. The molecule has 0 aliphatic rings. The third kappa shape index (κ3) is 1.35. The average molecular weight is 208 g/mol. The second kappa shape index (κ2) is 3.32. The molecule has 78 valence electrons. The van der Waals surface area contributed by atoms with Crippen molar-refractivity contribution in [1.29, 1.82) is 0 Å². The lowest BCUT2D eigenvalue weighted by Gasteiger charge is -2.00. The SMILES string of the molecule is Cc1nc2c(F)cccn2c1C(=O)NN. The molecule has 2 heterocycles. The lowest BCUT2D eigenvalue weighted by atomic mass is 10.3. The second-order valence-corrected chi connectivity index (χ2v) is 3.07. The number of hydrogen-bond donors (Lipinski definition) is 2. The molecule has 2 aromatic heterocycles. The molecule has 0 bridgehead atoms. The number of pyridine rings is 1. The molecule has 0 unspecified atom stereocenters. The predicted molar refractivity (Wildman–Crippen MR) is 51.5 cm³/mol. The molecule has 0 aliphatic heterocycles. The predicted octanol–water partition coefficient (Wildman–Crippen LogP) is 0.385. The van der Waals surface area contributed by atoms with Crippen LogP contribution in [0.1, 0.15) is 16.2 Å². The molecular formula is C9H9FN4O. The lowest BCUT2D eigenvalue weighted by molar-refractivity contribution is 0.0947. The van der Waals surface area contributed by atoms with Crippen LogP contribution in [-0.4, -0.2) is 15.3 Å². The molecule has 0 saturated carbocycles. The molecule has 0 radical (unpaired) electrons. The molecule has 0 aliphatic carbocycles. The summed E-state index contributed by atoms with van der Waals surface area (Å²) in [5, 5.41) is 0. The monoisotopic (exact) mass is 208 g/mol. The summed E-state index contributed by atoms with van der Waals surface area (Å²) in [6.07, 6.45) is 1.56. The molecule has 2 aromatic rings. The van der Waals surface area contributed by atoms with Gasteiger partial charge in [0.25, 0.3) is 5.91 Å². The highest BCUT2D eigenvalue weighted by molar-refractivity contribution is 5.94. The smallest absolute Gasteiger partial charge is 0.284 e. The Morgan fingerprint density at radius 2 is 2.40 bits per heavy atom. The minimum atomic E-state index is -0.495. The van der Waals surface area contributed by atoms with Gasteiger partial charge >= 0.3 is 0 Å². The fourth-order valence-corrected chi connectivity index (χ4v) is 1.49. The van der Waals surface area contributed by atoms with E-state index in [-0.39, 0.29) is 11.3 Å². The second-order valence-electron chi connectivity index (χ2n) is 3.07. The van der Waals surface area contributed by atoms with E-state index in [0.717, 1.165) is 0 Å². The Morgan fingerprint density at radius 3 is 3.07 bits per heavy atom. The van der Waals surface area contributed by atoms with Gasteiger partial charge in [-0.3, -0.25) is 14.6 Å². The number of amides is 1. The topological polar surface area (TPSA) is 72.4 Å². The van der Waals surface area contributed by atoms with Crippen molar-refractivity contribution in [2.45, 2.75) is 6.92 Å². The van der Waals surface area contributed by atoms with Gasteiger partial charge in [0.1, 0.15) is 5.69 Å². The number of hydrazine groups is 1. The normalized spacial score (nSPS) is 10.6. The summed E-state index contributed by atoms with van der Waals surface area (Å²) in [5.41, 5.74) is 2.79. The summed E-state index contributed by atoms with van der Waals surface area (Å²) in [6.45, 7) is 1.62. The van der Waals surface area contributed by atoms with E-state index in [4.69, 9.17) is 5.84 Å². The van der Waals surface area contributed by atoms with Crippen LogP contribution in [-0.2, 0) is 0 Å². The van der Waals surface area contributed by atoms with Crippen LogP contribution in [0.2, 0.25) is 0 Å². The maximum absolute atomic E-state index is 13.3. The highest BCUT2D eigenvalue weighted by atomic mass is 19.1. The fourth-order valence-electron chi connectivity index (χ4n) is 1.49. The quantitative estimate of drug-likeness (QED) is 0.404. The molecule has 0 atom stereocenters. The number of aryl methyl sites for hydroxylation is 1. The zero-order valence-electron chi connectivity index (χ0n) is 7.99. The number of carbonyl (C=O) groups is 1. The Balaban J connectivity index is 2.79. The van der Waals surface area contributed by atoms with Crippen molar-refractivity contribution in [2.24, 2.45) is 5.84 Å². The Bertz CT molecular complexity index is 534. The minimum Gasteiger partial charge on any atom is -0.293 e. The van der Waals surface area contributed by atoms with Gasteiger partial charge in [-0.2, -0.15) is 0 Å². The van der Waals surface area contributed by atoms with E-state index in [9.17, 15) is 9.18 Å². The Hall–Kier alpha value is -1.95. The molecule has 0 saturated heterocycles. The number of fused-ring (bicyclic) bond motifs is 1. The lowest BCUT2D eigenvalue weighted by Crippen LogP contribution is -2.31. The molecule has 0 spiro atoms. The van der Waals surface area contributed by atoms with Gasteiger partial charge in [-0.05, 0) is 19.1 Å². The number of nitrogen functional groups attached to an aromatic ring is 1. The molecule has 0 aromatic carbocycles. The number of hydrogen-bond acceptors (Lipinski definition) is 3. The van der Waals surface area contributed by atoms with Crippen LogP contribution in [0.25, 0.3) is 5.65 Å². The molecule has 6 heteroatoms. The van der Waals surface area contributed by atoms with Gasteiger partial charge in [0.2, 0.25) is 0 Å². The van der Waals surface area contributed by atoms with E-state index in [0.29, 0.717) is 5.69 Å². The number of halogens is 1. The molecule has 1 amide bonds. The number of nitrogens with two attached hydrogens (primary N) is 1.